The molecule has 26 heavy (non-hydrogen) atoms. The Morgan fingerprint density at radius 2 is 1.85 bits per heavy atom. The number of nitrogens with one attached hydrogen (secondary N) is 2. The van der Waals surface area contributed by atoms with Gasteiger partial charge in [0.15, 0.2) is 5.75 Å². The van der Waals surface area contributed by atoms with Crippen molar-refractivity contribution in [1.29, 1.82) is 0 Å². The van der Waals surface area contributed by atoms with Crippen molar-refractivity contribution in [3.8, 4) is 11.5 Å². The standard InChI is InChI=1S/C20H25N3O3/c1-13(2)19(21)20(25)22-12-18(24)23-16-9-4-5-10-17(16)26-15-8-6-7-14(3)11-15/h4-11,13,19H,12,21H2,1-3H3,(H,22,25)(H,23,24)/t19-/m0/s1. The van der Waals surface area contributed by atoms with Gasteiger partial charge in [-0.3, -0.25) is 9.59 Å². The van der Waals surface area contributed by atoms with Gasteiger partial charge >= 0.3 is 0 Å². The highest BCUT2D eigenvalue weighted by atomic mass is 16.5. The van der Waals surface area contributed by atoms with E-state index >= 15 is 0 Å². The Balaban J connectivity index is 1.99. The van der Waals surface area contributed by atoms with E-state index in [0.29, 0.717) is 17.2 Å². The van der Waals surface area contributed by atoms with Crippen molar-refractivity contribution in [1.82, 2.24) is 5.32 Å². The number of hydrogen-bond acceptors (Lipinski definition) is 4. The predicted octanol–water partition coefficient (Wildman–Crippen LogP) is 2.83. The minimum Gasteiger partial charge on any atom is -0.455 e. The summed E-state index contributed by atoms with van der Waals surface area (Å²) >= 11 is 0. The molecule has 138 valence electrons. The van der Waals surface area contributed by atoms with E-state index in [-0.39, 0.29) is 24.3 Å². The van der Waals surface area contributed by atoms with Crippen molar-refractivity contribution in [3.05, 3.63) is 54.1 Å². The maximum absolute atomic E-state index is 12.1. The molecule has 1 atom stereocenters. The molecule has 2 aromatic rings. The summed E-state index contributed by atoms with van der Waals surface area (Å²) in [6.45, 7) is 5.52. The molecule has 6 nitrogen and oxygen atoms in total. The quantitative estimate of drug-likeness (QED) is 0.712. The number of aryl methyl sites for hydroxylation is 1. The molecule has 0 saturated heterocycles. The van der Waals surface area contributed by atoms with Gasteiger partial charge in [-0.2, -0.15) is 0 Å². The summed E-state index contributed by atoms with van der Waals surface area (Å²) in [7, 11) is 0. The molecule has 0 aliphatic rings. The first-order valence-electron chi connectivity index (χ1n) is 8.53. The van der Waals surface area contributed by atoms with E-state index < -0.39 is 6.04 Å². The number of carbonyl (C=O) groups is 2. The van der Waals surface area contributed by atoms with Gasteiger partial charge in [0.25, 0.3) is 0 Å². The Hall–Kier alpha value is -2.86. The summed E-state index contributed by atoms with van der Waals surface area (Å²) in [5.74, 6) is 0.509. The van der Waals surface area contributed by atoms with Crippen molar-refractivity contribution in [3.63, 3.8) is 0 Å². The molecule has 0 aliphatic heterocycles. The molecule has 0 aromatic heterocycles. The van der Waals surface area contributed by atoms with Crippen LogP contribution >= 0.6 is 0 Å². The van der Waals surface area contributed by atoms with E-state index in [2.05, 4.69) is 10.6 Å². The highest BCUT2D eigenvalue weighted by Gasteiger charge is 2.18. The van der Waals surface area contributed by atoms with Gasteiger partial charge < -0.3 is 21.1 Å². The lowest BCUT2D eigenvalue weighted by Gasteiger charge is -2.16. The minimum absolute atomic E-state index is 0.00140. The Kier molecular flexibility index (Phi) is 6.74. The maximum atomic E-state index is 12.1. The van der Waals surface area contributed by atoms with E-state index in [1.165, 1.54) is 0 Å². The van der Waals surface area contributed by atoms with Crippen molar-refractivity contribution < 1.29 is 14.3 Å². The summed E-state index contributed by atoms with van der Waals surface area (Å²) in [4.78, 5) is 24.0. The molecule has 2 amide bonds. The SMILES string of the molecule is Cc1cccc(Oc2ccccc2NC(=O)CNC(=O)[C@@H](N)C(C)C)c1. The number of para-hydroxylation sites is 2. The molecule has 0 bridgehead atoms. The molecule has 2 rings (SSSR count). The first-order chi connectivity index (χ1) is 12.4. The monoisotopic (exact) mass is 355 g/mol. The second-order valence-corrected chi connectivity index (χ2v) is 6.45. The topological polar surface area (TPSA) is 93.5 Å². The van der Waals surface area contributed by atoms with Crippen LogP contribution in [0.4, 0.5) is 5.69 Å². The average Bonchev–Trinajstić information content (AvgIpc) is 2.60. The number of benzene rings is 2. The van der Waals surface area contributed by atoms with Gasteiger partial charge in [-0.1, -0.05) is 38.1 Å². The lowest BCUT2D eigenvalue weighted by Crippen LogP contribution is -2.46. The van der Waals surface area contributed by atoms with Crippen molar-refractivity contribution in [2.24, 2.45) is 11.7 Å². The molecule has 0 saturated carbocycles. The Bertz CT molecular complexity index is 774. The van der Waals surface area contributed by atoms with E-state index in [1.54, 1.807) is 18.2 Å². The predicted molar refractivity (Wildman–Crippen MR) is 102 cm³/mol. The molecule has 6 heteroatoms. The molecule has 0 unspecified atom stereocenters. The highest BCUT2D eigenvalue weighted by molar-refractivity contribution is 5.96. The van der Waals surface area contributed by atoms with Crippen LogP contribution in [0.15, 0.2) is 48.5 Å². The number of carbonyl (C=O) groups excluding carboxylic acids is 2. The van der Waals surface area contributed by atoms with Gasteiger partial charge in [0.2, 0.25) is 11.8 Å². The number of amides is 2. The third-order valence-electron chi connectivity index (χ3n) is 3.82. The van der Waals surface area contributed by atoms with Crippen LogP contribution in [0.3, 0.4) is 0 Å². The van der Waals surface area contributed by atoms with Crippen LogP contribution in [0, 0.1) is 12.8 Å². The van der Waals surface area contributed by atoms with E-state index in [4.69, 9.17) is 10.5 Å². The van der Waals surface area contributed by atoms with Crippen LogP contribution in [0.25, 0.3) is 0 Å². The zero-order chi connectivity index (χ0) is 19.1. The normalized spacial score (nSPS) is 11.7. The zero-order valence-electron chi connectivity index (χ0n) is 15.3. The fourth-order valence-electron chi connectivity index (χ4n) is 2.25. The summed E-state index contributed by atoms with van der Waals surface area (Å²) < 4.78 is 5.86. The second-order valence-electron chi connectivity index (χ2n) is 6.45. The molecular formula is C20H25N3O3. The summed E-state index contributed by atoms with van der Waals surface area (Å²) in [5, 5.41) is 5.29. The van der Waals surface area contributed by atoms with Crippen LogP contribution in [-0.4, -0.2) is 24.4 Å². The molecule has 0 heterocycles. The van der Waals surface area contributed by atoms with E-state index in [9.17, 15) is 9.59 Å². The molecule has 4 N–H and O–H groups in total. The van der Waals surface area contributed by atoms with Crippen molar-refractivity contribution in [2.75, 3.05) is 11.9 Å². The molecule has 0 spiro atoms. The number of rotatable bonds is 7. The van der Waals surface area contributed by atoms with Gasteiger partial charge in [0, 0.05) is 0 Å². The number of anilines is 1. The number of nitrogens with two attached hydrogens (primary N) is 1. The Morgan fingerprint density at radius 3 is 2.54 bits per heavy atom. The number of hydrogen-bond donors (Lipinski definition) is 3. The molecule has 0 aliphatic carbocycles. The first-order valence-corrected chi connectivity index (χ1v) is 8.53. The third-order valence-corrected chi connectivity index (χ3v) is 3.82. The largest absolute Gasteiger partial charge is 0.455 e. The Labute approximate surface area is 153 Å². The fourth-order valence-corrected chi connectivity index (χ4v) is 2.25. The lowest BCUT2D eigenvalue weighted by atomic mass is 10.1. The maximum Gasteiger partial charge on any atom is 0.243 e. The van der Waals surface area contributed by atoms with Gasteiger partial charge in [0.05, 0.1) is 18.3 Å². The summed E-state index contributed by atoms with van der Waals surface area (Å²) in [6, 6.07) is 14.1. The summed E-state index contributed by atoms with van der Waals surface area (Å²) in [6.07, 6.45) is 0. The van der Waals surface area contributed by atoms with Crippen LogP contribution in [0.5, 0.6) is 11.5 Å². The third kappa shape index (κ3) is 5.60. The van der Waals surface area contributed by atoms with Gasteiger partial charge in [-0.15, -0.1) is 0 Å². The van der Waals surface area contributed by atoms with Gasteiger partial charge in [-0.25, -0.2) is 0 Å². The van der Waals surface area contributed by atoms with Crippen LogP contribution in [-0.2, 0) is 9.59 Å². The fraction of sp³-hybridized carbons (Fsp3) is 0.300. The van der Waals surface area contributed by atoms with E-state index in [1.807, 2.05) is 51.1 Å². The van der Waals surface area contributed by atoms with Crippen LogP contribution in [0.1, 0.15) is 19.4 Å². The zero-order valence-corrected chi connectivity index (χ0v) is 15.3. The first kappa shape index (κ1) is 19.5. The van der Waals surface area contributed by atoms with Crippen molar-refractivity contribution in [2.45, 2.75) is 26.8 Å². The molecule has 2 aromatic carbocycles. The molecular weight excluding hydrogens is 330 g/mol. The van der Waals surface area contributed by atoms with Crippen molar-refractivity contribution >= 4 is 17.5 Å². The molecule has 0 fully saturated rings. The smallest absolute Gasteiger partial charge is 0.243 e. The summed E-state index contributed by atoms with van der Waals surface area (Å²) in [5.41, 5.74) is 7.36. The molecule has 0 radical (unpaired) electrons. The highest BCUT2D eigenvalue weighted by Crippen LogP contribution is 2.29. The Morgan fingerprint density at radius 1 is 1.12 bits per heavy atom. The van der Waals surface area contributed by atoms with Gasteiger partial charge in [-0.05, 0) is 42.7 Å². The average molecular weight is 355 g/mol. The van der Waals surface area contributed by atoms with Gasteiger partial charge in [0.1, 0.15) is 5.75 Å². The van der Waals surface area contributed by atoms with Crippen LogP contribution in [0.2, 0.25) is 0 Å². The van der Waals surface area contributed by atoms with Crippen LogP contribution < -0.4 is 21.1 Å². The minimum atomic E-state index is -0.639. The second kappa shape index (κ2) is 9.01. The number of ether oxygens (including phenoxy) is 1. The lowest BCUT2D eigenvalue weighted by molar-refractivity contribution is -0.125. The van der Waals surface area contributed by atoms with E-state index in [0.717, 1.165) is 5.56 Å².